The Bertz CT molecular complexity index is 2500. The van der Waals surface area contributed by atoms with Crippen LogP contribution in [0.1, 0.15) is 61.8 Å². The summed E-state index contributed by atoms with van der Waals surface area (Å²) in [5.74, 6) is 2.73. The van der Waals surface area contributed by atoms with Gasteiger partial charge in [0.25, 0.3) is 0 Å². The maximum Gasteiger partial charge on any atom is 0.399 e. The molecule has 0 amide bonds. The van der Waals surface area contributed by atoms with E-state index in [9.17, 15) is 0 Å². The van der Waals surface area contributed by atoms with Crippen LogP contribution in [0.4, 0.5) is 5.69 Å². The number of rotatable bonds is 5. The summed E-state index contributed by atoms with van der Waals surface area (Å²) < 4.78 is 4.51. The number of pyridine rings is 1. The Kier molecular flexibility index (Phi) is 10.5. The molecule has 0 spiro atoms. The number of benzene rings is 5. The molecule has 9 rings (SSSR count). The summed E-state index contributed by atoms with van der Waals surface area (Å²) in [5.41, 5.74) is 13.7. The third-order valence-corrected chi connectivity index (χ3v) is 10.7. The molecule has 0 saturated heterocycles. The van der Waals surface area contributed by atoms with Crippen molar-refractivity contribution in [2.45, 2.75) is 53.4 Å². The van der Waals surface area contributed by atoms with Crippen LogP contribution in [0.25, 0.3) is 50.1 Å². The molecule has 1 radical (unpaired) electrons. The van der Waals surface area contributed by atoms with Crippen molar-refractivity contribution in [2.24, 2.45) is 0 Å². The van der Waals surface area contributed by atoms with Gasteiger partial charge in [0.1, 0.15) is 5.82 Å². The first-order chi connectivity index (χ1) is 25.7. The summed E-state index contributed by atoms with van der Waals surface area (Å²) in [6.07, 6.45) is 5.96. The van der Waals surface area contributed by atoms with Gasteiger partial charge in [-0.2, -0.15) is 24.3 Å². The van der Waals surface area contributed by atoms with Crippen molar-refractivity contribution in [2.75, 3.05) is 11.9 Å². The van der Waals surface area contributed by atoms with Gasteiger partial charge in [-0.3, -0.25) is 4.98 Å². The van der Waals surface area contributed by atoms with Crippen molar-refractivity contribution in [3.8, 4) is 28.3 Å². The average Bonchev–Trinajstić information content (AvgIpc) is 3.80. The number of aryl methyl sites for hydroxylation is 2. The molecule has 0 fully saturated rings. The van der Waals surface area contributed by atoms with Gasteiger partial charge in [0.15, 0.2) is 0 Å². The molecule has 271 valence electrons. The first kappa shape index (κ1) is 37.1. The molecule has 0 bridgehead atoms. The Morgan fingerprint density at radius 3 is 2.07 bits per heavy atom. The van der Waals surface area contributed by atoms with Gasteiger partial charge in [-0.05, 0) is 89.1 Å². The van der Waals surface area contributed by atoms with Gasteiger partial charge in [-0.25, -0.2) is 4.98 Å². The van der Waals surface area contributed by atoms with Crippen molar-refractivity contribution < 1.29 is 20.1 Å². The number of anilines is 1. The summed E-state index contributed by atoms with van der Waals surface area (Å²) >= 11 is 0. The Morgan fingerprint density at radius 1 is 0.685 bits per heavy atom. The largest absolute Gasteiger partial charge is 0.436 e. The van der Waals surface area contributed by atoms with Crippen LogP contribution in [-0.2, 0) is 20.1 Å². The predicted molar refractivity (Wildman–Crippen MR) is 223 cm³/mol. The summed E-state index contributed by atoms with van der Waals surface area (Å²) in [7, 11) is 2.19. The minimum absolute atomic E-state index is 0. The Labute approximate surface area is 333 Å². The van der Waals surface area contributed by atoms with Gasteiger partial charge >= 0.3 is 6.98 Å². The van der Waals surface area contributed by atoms with Crippen LogP contribution in [0.2, 0.25) is 0 Å². The summed E-state index contributed by atoms with van der Waals surface area (Å²) in [6.45, 7) is 13.5. The molecule has 1 aliphatic rings. The second-order valence-electron chi connectivity index (χ2n) is 14.7. The van der Waals surface area contributed by atoms with E-state index in [1.807, 2.05) is 30.6 Å². The third kappa shape index (κ3) is 6.50. The second kappa shape index (κ2) is 15.3. The molecule has 0 N–H and O–H groups in total. The van der Waals surface area contributed by atoms with E-state index in [0.29, 0.717) is 11.8 Å². The van der Waals surface area contributed by atoms with Crippen LogP contribution >= 0.6 is 0 Å². The number of fused-ring (bicyclic) bond motifs is 6. The van der Waals surface area contributed by atoms with Gasteiger partial charge < -0.3 is 13.9 Å². The zero-order valence-corrected chi connectivity index (χ0v) is 34.3. The summed E-state index contributed by atoms with van der Waals surface area (Å²) in [6, 6.07) is 45.2. The van der Waals surface area contributed by atoms with Gasteiger partial charge in [0.05, 0.1) is 0 Å². The molecule has 5 aromatic carbocycles. The smallest absolute Gasteiger partial charge is 0.399 e. The van der Waals surface area contributed by atoms with Crippen LogP contribution < -0.4 is 10.3 Å². The maximum atomic E-state index is 4.73. The van der Waals surface area contributed by atoms with E-state index in [1.165, 1.54) is 60.8 Å². The number of para-hydroxylation sites is 2. The molecule has 3 aromatic heterocycles. The van der Waals surface area contributed by atoms with Gasteiger partial charge in [-0.1, -0.05) is 105 Å². The van der Waals surface area contributed by atoms with E-state index in [4.69, 9.17) is 4.98 Å². The van der Waals surface area contributed by atoms with Crippen molar-refractivity contribution >= 4 is 39.9 Å². The fourth-order valence-corrected chi connectivity index (χ4v) is 7.82. The number of imidazole rings is 1. The van der Waals surface area contributed by atoms with Gasteiger partial charge in [0.2, 0.25) is 0 Å². The molecule has 8 aromatic rings. The van der Waals surface area contributed by atoms with Gasteiger partial charge in [0, 0.05) is 50.0 Å². The molecular formula is C47H44BIrN5-2. The molecule has 0 unspecified atom stereocenters. The number of hydrogen-bond donors (Lipinski definition) is 0. The second-order valence-corrected chi connectivity index (χ2v) is 14.7. The molecule has 0 saturated carbocycles. The zero-order valence-electron chi connectivity index (χ0n) is 31.9. The van der Waals surface area contributed by atoms with E-state index >= 15 is 0 Å². The molecule has 7 heteroatoms. The zero-order chi connectivity index (χ0) is 36.8. The number of aromatic nitrogens is 4. The molecule has 0 atom stereocenters. The van der Waals surface area contributed by atoms with Crippen LogP contribution in [0.5, 0.6) is 0 Å². The van der Waals surface area contributed by atoms with Gasteiger partial charge in [-0.15, -0.1) is 29.7 Å². The van der Waals surface area contributed by atoms with E-state index in [1.54, 1.807) is 0 Å². The third-order valence-electron chi connectivity index (χ3n) is 10.7. The molecular weight excluding hydrogens is 838 g/mol. The number of hydrogen-bond acceptors (Lipinski definition) is 3. The molecule has 5 nitrogen and oxygen atoms in total. The molecule has 4 heterocycles. The monoisotopic (exact) mass is 882 g/mol. The summed E-state index contributed by atoms with van der Waals surface area (Å²) in [5, 5.41) is 2.46. The van der Waals surface area contributed by atoms with Crippen molar-refractivity contribution in [1.29, 1.82) is 0 Å². The molecule has 0 aliphatic carbocycles. The minimum atomic E-state index is 0. The van der Waals surface area contributed by atoms with Crippen LogP contribution in [0.15, 0.2) is 128 Å². The normalized spacial score (nSPS) is 12.1. The van der Waals surface area contributed by atoms with E-state index in [-0.39, 0.29) is 27.1 Å². The minimum Gasteiger partial charge on any atom is -0.436 e. The van der Waals surface area contributed by atoms with E-state index < -0.39 is 0 Å². The fourth-order valence-electron chi connectivity index (χ4n) is 7.82. The molecule has 54 heavy (non-hydrogen) atoms. The standard InChI is InChI=1S/C28H29BN3.C19H15N2.Ir/c1-19(2)24-17-22(21-11-7-6-8-12-21)18-25(20(3)4)27(24)29-31(5)26-14-10-9-13-23(26)28-30-15-16-32(28)29;1-13-11-19(20-12-14(13)2)21-17-9-5-3-7-15(17)16-8-4-6-10-18(16)21;/h6-12,14-20H,1-5H3;3-9,11-12H,1-2H3;/q2*-1;. The first-order valence-electron chi connectivity index (χ1n) is 18.6. The predicted octanol–water partition coefficient (Wildman–Crippen LogP) is 10.6. The van der Waals surface area contributed by atoms with Crippen molar-refractivity contribution in [1.82, 2.24) is 19.0 Å². The van der Waals surface area contributed by atoms with E-state index in [0.717, 1.165) is 22.7 Å². The van der Waals surface area contributed by atoms with Crippen molar-refractivity contribution in [3.63, 3.8) is 0 Å². The number of nitrogens with zero attached hydrogens (tertiary/aromatic N) is 5. The quantitative estimate of drug-likeness (QED) is 0.128. The van der Waals surface area contributed by atoms with Crippen LogP contribution in [0.3, 0.4) is 0 Å². The Morgan fingerprint density at radius 2 is 1.35 bits per heavy atom. The van der Waals surface area contributed by atoms with Crippen molar-refractivity contribution in [3.05, 3.63) is 162 Å². The average molecular weight is 882 g/mol. The topological polar surface area (TPSA) is 38.9 Å². The fraction of sp³-hybridized carbons (Fsp3) is 0.191. The molecule has 1 aliphatic heterocycles. The Balaban J connectivity index is 0.000000177. The first-order valence-corrected chi connectivity index (χ1v) is 18.6. The summed E-state index contributed by atoms with van der Waals surface area (Å²) in [4.78, 5) is 11.7. The SMILES string of the molecule is CC(C)c1cc(-c2ccccc2)cc(C(C)C)c1B1N(C)c2ccc[c-]c2-c2nccn21.Cc1cnc(-n2c3[c-]cccc3c3ccccc32)cc1C.[Ir]. The van der Waals surface area contributed by atoms with E-state index in [2.05, 4.69) is 177 Å². The Hall–Kier alpha value is -5.23. The van der Waals surface area contributed by atoms with Crippen LogP contribution in [0, 0.1) is 26.0 Å². The maximum absolute atomic E-state index is 4.73. The van der Waals surface area contributed by atoms with Crippen LogP contribution in [-0.4, -0.2) is 33.0 Å².